The van der Waals surface area contributed by atoms with Crippen molar-refractivity contribution in [3.63, 3.8) is 0 Å². The van der Waals surface area contributed by atoms with Gasteiger partial charge in [-0.1, -0.05) is 6.07 Å². The first-order valence-corrected chi connectivity index (χ1v) is 10.1. The second-order valence-corrected chi connectivity index (χ2v) is 7.95. The fourth-order valence-corrected chi connectivity index (χ4v) is 4.70. The summed E-state index contributed by atoms with van der Waals surface area (Å²) in [5.74, 6) is 0.131. The van der Waals surface area contributed by atoms with Gasteiger partial charge < -0.3 is 14.6 Å². The Morgan fingerprint density at radius 1 is 1.25 bits per heavy atom. The highest BCUT2D eigenvalue weighted by molar-refractivity contribution is 5.96. The van der Waals surface area contributed by atoms with Crippen LogP contribution in [-0.4, -0.2) is 45.3 Å². The summed E-state index contributed by atoms with van der Waals surface area (Å²) in [7, 11) is 0. The molecule has 0 atom stereocenters. The highest BCUT2D eigenvalue weighted by atomic mass is 16.5. The average Bonchev–Trinajstić information content (AvgIpc) is 3.33. The Labute approximate surface area is 164 Å². The Morgan fingerprint density at radius 3 is 2.86 bits per heavy atom. The number of carbonyl (C=O) groups is 1. The van der Waals surface area contributed by atoms with Gasteiger partial charge in [-0.2, -0.15) is 5.10 Å². The van der Waals surface area contributed by atoms with Gasteiger partial charge in [-0.15, -0.1) is 0 Å². The molecule has 6 heteroatoms. The van der Waals surface area contributed by atoms with E-state index in [4.69, 9.17) is 9.84 Å². The van der Waals surface area contributed by atoms with E-state index in [0.29, 0.717) is 12.6 Å². The number of rotatable bonds is 2. The lowest BCUT2D eigenvalue weighted by Crippen LogP contribution is -2.35. The van der Waals surface area contributed by atoms with E-state index < -0.39 is 0 Å². The Bertz CT molecular complexity index is 1040. The lowest BCUT2D eigenvalue weighted by molar-refractivity contribution is -0.129. The molecule has 1 saturated heterocycles. The fourth-order valence-electron chi connectivity index (χ4n) is 4.70. The maximum atomic E-state index is 12.1. The van der Waals surface area contributed by atoms with Gasteiger partial charge in [-0.3, -0.25) is 9.48 Å². The maximum absolute atomic E-state index is 12.1. The van der Waals surface area contributed by atoms with Crippen LogP contribution in [0.4, 0.5) is 0 Å². The van der Waals surface area contributed by atoms with Gasteiger partial charge in [0, 0.05) is 73.6 Å². The molecule has 5 rings (SSSR count). The molecule has 2 aromatic heterocycles. The van der Waals surface area contributed by atoms with E-state index in [2.05, 4.69) is 34.8 Å². The van der Waals surface area contributed by atoms with Gasteiger partial charge >= 0.3 is 0 Å². The first-order valence-electron chi connectivity index (χ1n) is 10.1. The monoisotopic (exact) mass is 378 g/mol. The Kier molecular flexibility index (Phi) is 4.23. The number of hydrogen-bond donors (Lipinski definition) is 1. The van der Waals surface area contributed by atoms with Crippen LogP contribution in [0.3, 0.4) is 0 Å². The van der Waals surface area contributed by atoms with Crippen LogP contribution >= 0.6 is 0 Å². The van der Waals surface area contributed by atoms with Gasteiger partial charge in [0.15, 0.2) is 0 Å². The molecule has 0 unspecified atom stereocenters. The summed E-state index contributed by atoms with van der Waals surface area (Å²) in [6.45, 7) is 6.80. The molecule has 4 heterocycles. The minimum atomic E-state index is 0.131. The van der Waals surface area contributed by atoms with Gasteiger partial charge in [0.25, 0.3) is 0 Å². The van der Waals surface area contributed by atoms with Crippen LogP contribution in [0.2, 0.25) is 0 Å². The van der Waals surface area contributed by atoms with E-state index in [0.717, 1.165) is 50.2 Å². The number of fused-ring (bicyclic) bond motifs is 2. The highest BCUT2D eigenvalue weighted by Crippen LogP contribution is 2.38. The van der Waals surface area contributed by atoms with Gasteiger partial charge in [0.1, 0.15) is 0 Å². The van der Waals surface area contributed by atoms with Gasteiger partial charge in [-0.05, 0) is 37.5 Å². The number of nitrogens with zero attached hydrogens (tertiary/aromatic N) is 3. The Hall–Kier alpha value is -2.60. The van der Waals surface area contributed by atoms with E-state index in [1.54, 1.807) is 6.92 Å². The zero-order chi connectivity index (χ0) is 19.3. The predicted molar refractivity (Wildman–Crippen MR) is 108 cm³/mol. The lowest BCUT2D eigenvalue weighted by atomic mass is 9.95. The molecular weight excluding hydrogens is 352 g/mol. The van der Waals surface area contributed by atoms with Crippen molar-refractivity contribution < 1.29 is 9.53 Å². The Morgan fingerprint density at radius 2 is 2.07 bits per heavy atom. The number of carbonyl (C=O) groups excluding carboxylic acids is 1. The summed E-state index contributed by atoms with van der Waals surface area (Å²) in [4.78, 5) is 17.3. The molecule has 2 aliphatic heterocycles. The second kappa shape index (κ2) is 6.78. The summed E-state index contributed by atoms with van der Waals surface area (Å²) in [6, 6.07) is 6.78. The fraction of sp³-hybridized carbons (Fsp3) is 0.455. The van der Waals surface area contributed by atoms with Crippen LogP contribution in [0.25, 0.3) is 22.2 Å². The highest BCUT2D eigenvalue weighted by Gasteiger charge is 2.31. The van der Waals surface area contributed by atoms with Crippen molar-refractivity contribution in [1.29, 1.82) is 0 Å². The van der Waals surface area contributed by atoms with Crippen molar-refractivity contribution in [3.8, 4) is 11.3 Å². The van der Waals surface area contributed by atoms with E-state index >= 15 is 0 Å². The molecule has 28 heavy (non-hydrogen) atoms. The summed E-state index contributed by atoms with van der Waals surface area (Å²) in [5.41, 5.74) is 7.07. The number of benzene rings is 1. The van der Waals surface area contributed by atoms with E-state index in [-0.39, 0.29) is 5.91 Å². The molecule has 0 bridgehead atoms. The van der Waals surface area contributed by atoms with E-state index in [1.165, 1.54) is 27.8 Å². The van der Waals surface area contributed by atoms with Crippen LogP contribution in [0.5, 0.6) is 0 Å². The van der Waals surface area contributed by atoms with Crippen molar-refractivity contribution in [2.75, 3.05) is 19.8 Å². The van der Waals surface area contributed by atoms with Crippen molar-refractivity contribution in [1.82, 2.24) is 19.7 Å². The molecular formula is C22H26N4O2. The van der Waals surface area contributed by atoms with E-state index in [1.807, 2.05) is 11.1 Å². The molecule has 1 fully saturated rings. The first kappa shape index (κ1) is 17.5. The third kappa shape index (κ3) is 2.75. The normalized spacial score (nSPS) is 17.9. The zero-order valence-electron chi connectivity index (χ0n) is 16.5. The number of hydrogen-bond acceptors (Lipinski definition) is 3. The van der Waals surface area contributed by atoms with Gasteiger partial charge in [-0.25, -0.2) is 0 Å². The molecule has 1 aromatic carbocycles. The van der Waals surface area contributed by atoms with Crippen LogP contribution < -0.4 is 0 Å². The molecule has 1 amide bonds. The molecule has 0 radical (unpaired) electrons. The molecule has 0 aliphatic carbocycles. The molecule has 146 valence electrons. The molecule has 0 spiro atoms. The van der Waals surface area contributed by atoms with Crippen molar-refractivity contribution >= 4 is 16.8 Å². The minimum Gasteiger partial charge on any atom is -0.381 e. The largest absolute Gasteiger partial charge is 0.381 e. The second-order valence-electron chi connectivity index (χ2n) is 7.95. The predicted octanol–water partition coefficient (Wildman–Crippen LogP) is 3.60. The topological polar surface area (TPSA) is 63.2 Å². The number of aromatic nitrogens is 3. The molecule has 1 N–H and O–H groups in total. The third-order valence-electron chi connectivity index (χ3n) is 6.25. The number of amides is 1. The van der Waals surface area contributed by atoms with Crippen LogP contribution in [0.15, 0.2) is 24.4 Å². The van der Waals surface area contributed by atoms with Gasteiger partial charge in [0.05, 0.1) is 11.7 Å². The van der Waals surface area contributed by atoms with Crippen LogP contribution in [0.1, 0.15) is 42.6 Å². The summed E-state index contributed by atoms with van der Waals surface area (Å²) >= 11 is 0. The average molecular weight is 378 g/mol. The maximum Gasteiger partial charge on any atom is 0.219 e. The SMILES string of the molecule is CC(=O)N1CCc2c(c(-c3c(C)ccc4[nH]ccc34)nn2C2CCOCC2)C1. The smallest absolute Gasteiger partial charge is 0.219 e. The molecule has 6 nitrogen and oxygen atoms in total. The minimum absolute atomic E-state index is 0.131. The van der Waals surface area contributed by atoms with Crippen molar-refractivity contribution in [2.24, 2.45) is 0 Å². The zero-order valence-corrected chi connectivity index (χ0v) is 16.5. The number of H-pyrrole nitrogens is 1. The van der Waals surface area contributed by atoms with Crippen LogP contribution in [0, 0.1) is 6.92 Å². The Balaban J connectivity index is 1.71. The molecule has 3 aromatic rings. The summed E-state index contributed by atoms with van der Waals surface area (Å²) in [6.07, 6.45) is 4.84. The first-order chi connectivity index (χ1) is 13.6. The number of ether oxygens (including phenoxy) is 1. The lowest BCUT2D eigenvalue weighted by Gasteiger charge is -2.29. The number of nitrogens with one attached hydrogen (secondary N) is 1. The number of aromatic amines is 1. The van der Waals surface area contributed by atoms with Crippen LogP contribution in [-0.2, 0) is 22.5 Å². The standard InChI is InChI=1S/C22H26N4O2/c1-14-3-4-19-17(5-9-23-19)21(14)22-18-13-25(15(2)27)10-6-20(18)26(24-22)16-7-11-28-12-8-16/h3-5,9,16,23H,6-8,10-13H2,1-2H3. The van der Waals surface area contributed by atoms with E-state index in [9.17, 15) is 4.79 Å². The summed E-state index contributed by atoms with van der Waals surface area (Å²) < 4.78 is 7.83. The third-order valence-corrected chi connectivity index (χ3v) is 6.25. The molecule has 0 saturated carbocycles. The number of aryl methyl sites for hydroxylation is 1. The van der Waals surface area contributed by atoms with Crippen molar-refractivity contribution in [2.45, 2.75) is 45.7 Å². The van der Waals surface area contributed by atoms with Gasteiger partial charge in [0.2, 0.25) is 5.91 Å². The molecule has 2 aliphatic rings. The van der Waals surface area contributed by atoms with Crippen molar-refractivity contribution in [3.05, 3.63) is 41.2 Å². The quantitative estimate of drug-likeness (QED) is 0.741. The summed E-state index contributed by atoms with van der Waals surface area (Å²) in [5, 5.41) is 6.37.